The third kappa shape index (κ3) is 4.37. The molecule has 2 amide bonds. The first-order valence-corrected chi connectivity index (χ1v) is 6.75. The molecule has 0 saturated heterocycles. The van der Waals surface area contributed by atoms with E-state index < -0.39 is 18.0 Å². The minimum Gasteiger partial charge on any atom is -0.480 e. The van der Waals surface area contributed by atoms with Crippen LogP contribution < -0.4 is 10.6 Å². The summed E-state index contributed by atoms with van der Waals surface area (Å²) in [5.74, 6) is -1.05. The molecule has 0 aliphatic rings. The molecular weight excluding hydrogens is 252 g/mol. The molecule has 1 heterocycles. The number of nitrogens with one attached hydrogen (secondary N) is 2. The Labute approximate surface area is 110 Å². The Balaban J connectivity index is 2.56. The van der Waals surface area contributed by atoms with Gasteiger partial charge in [-0.05, 0) is 24.8 Å². The molecule has 0 aromatic carbocycles. The standard InChI is InChI=1S/C12H18N2O3S/c1-3-5-9(10-6-4-7-18-10)14-12(17)13-8(2)11(15)16/h4,6-9H,3,5H2,1-2H3,(H,15,16)(H2,13,14,17). The Morgan fingerprint density at radius 2 is 2.17 bits per heavy atom. The average Bonchev–Trinajstić information content (AvgIpc) is 2.81. The minimum absolute atomic E-state index is 0.0593. The summed E-state index contributed by atoms with van der Waals surface area (Å²) in [6, 6.07) is 2.50. The van der Waals surface area contributed by atoms with Crippen molar-refractivity contribution in [3.8, 4) is 0 Å². The average molecular weight is 270 g/mol. The van der Waals surface area contributed by atoms with Crippen LogP contribution in [0.5, 0.6) is 0 Å². The highest BCUT2D eigenvalue weighted by Crippen LogP contribution is 2.22. The molecule has 18 heavy (non-hydrogen) atoms. The van der Waals surface area contributed by atoms with Crippen molar-refractivity contribution in [1.82, 2.24) is 10.6 Å². The van der Waals surface area contributed by atoms with Gasteiger partial charge in [-0.3, -0.25) is 4.79 Å². The third-order valence-corrected chi connectivity index (χ3v) is 3.47. The highest BCUT2D eigenvalue weighted by atomic mass is 32.1. The molecule has 1 rings (SSSR count). The summed E-state index contributed by atoms with van der Waals surface area (Å²) in [4.78, 5) is 23.4. The lowest BCUT2D eigenvalue weighted by molar-refractivity contribution is -0.138. The van der Waals surface area contributed by atoms with E-state index in [0.29, 0.717) is 0 Å². The van der Waals surface area contributed by atoms with E-state index in [1.807, 2.05) is 24.4 Å². The molecule has 6 heteroatoms. The second-order valence-electron chi connectivity index (χ2n) is 4.03. The summed E-state index contributed by atoms with van der Waals surface area (Å²) < 4.78 is 0. The maximum Gasteiger partial charge on any atom is 0.325 e. The minimum atomic E-state index is -1.05. The zero-order chi connectivity index (χ0) is 13.5. The second kappa shape index (κ2) is 7.00. The lowest BCUT2D eigenvalue weighted by Crippen LogP contribution is -2.45. The van der Waals surface area contributed by atoms with Crippen molar-refractivity contribution >= 4 is 23.3 Å². The fourth-order valence-electron chi connectivity index (χ4n) is 1.52. The smallest absolute Gasteiger partial charge is 0.325 e. The number of thiophene rings is 1. The number of hydrogen-bond acceptors (Lipinski definition) is 3. The van der Waals surface area contributed by atoms with Gasteiger partial charge in [-0.2, -0.15) is 0 Å². The van der Waals surface area contributed by atoms with Gasteiger partial charge < -0.3 is 15.7 Å². The van der Waals surface area contributed by atoms with Gasteiger partial charge in [0, 0.05) is 4.88 Å². The first kappa shape index (κ1) is 14.5. The van der Waals surface area contributed by atoms with Crippen LogP contribution in [0.3, 0.4) is 0 Å². The van der Waals surface area contributed by atoms with Gasteiger partial charge in [-0.25, -0.2) is 4.79 Å². The molecular formula is C12H18N2O3S. The Bertz CT molecular complexity index is 392. The van der Waals surface area contributed by atoms with Crippen LogP contribution in [-0.2, 0) is 4.79 Å². The summed E-state index contributed by atoms with van der Waals surface area (Å²) in [6.45, 7) is 3.47. The molecule has 3 N–H and O–H groups in total. The van der Waals surface area contributed by atoms with Crippen molar-refractivity contribution in [2.45, 2.75) is 38.8 Å². The molecule has 100 valence electrons. The molecule has 5 nitrogen and oxygen atoms in total. The second-order valence-corrected chi connectivity index (χ2v) is 5.01. The molecule has 0 fully saturated rings. The molecule has 0 radical (unpaired) electrons. The quantitative estimate of drug-likeness (QED) is 0.742. The number of hydrogen-bond donors (Lipinski definition) is 3. The lowest BCUT2D eigenvalue weighted by atomic mass is 10.1. The highest BCUT2D eigenvalue weighted by molar-refractivity contribution is 7.10. The topological polar surface area (TPSA) is 78.4 Å². The van der Waals surface area contributed by atoms with Gasteiger partial charge in [0.2, 0.25) is 0 Å². The molecule has 0 aliphatic heterocycles. The van der Waals surface area contributed by atoms with E-state index in [9.17, 15) is 9.59 Å². The Morgan fingerprint density at radius 1 is 1.44 bits per heavy atom. The normalized spacial score (nSPS) is 13.7. The number of rotatable bonds is 6. The van der Waals surface area contributed by atoms with Gasteiger partial charge in [0.25, 0.3) is 0 Å². The summed E-state index contributed by atoms with van der Waals surface area (Å²) in [5.41, 5.74) is 0. The molecule has 0 spiro atoms. The van der Waals surface area contributed by atoms with Crippen LogP contribution in [0.15, 0.2) is 17.5 Å². The van der Waals surface area contributed by atoms with Gasteiger partial charge in [-0.15, -0.1) is 11.3 Å². The molecule has 0 bridgehead atoms. The number of carboxylic acid groups (broad SMARTS) is 1. The first-order valence-electron chi connectivity index (χ1n) is 5.87. The predicted molar refractivity (Wildman–Crippen MR) is 70.7 cm³/mol. The summed E-state index contributed by atoms with van der Waals surface area (Å²) in [7, 11) is 0. The number of carbonyl (C=O) groups is 2. The SMILES string of the molecule is CCCC(NC(=O)NC(C)C(=O)O)c1cccs1. The molecule has 2 unspecified atom stereocenters. The van der Waals surface area contributed by atoms with Crippen LogP contribution >= 0.6 is 11.3 Å². The van der Waals surface area contributed by atoms with Crippen molar-refractivity contribution in [1.29, 1.82) is 0 Å². The monoisotopic (exact) mass is 270 g/mol. The van der Waals surface area contributed by atoms with Crippen molar-refractivity contribution in [3.05, 3.63) is 22.4 Å². The van der Waals surface area contributed by atoms with Gasteiger partial charge in [0.1, 0.15) is 6.04 Å². The van der Waals surface area contributed by atoms with Crippen molar-refractivity contribution < 1.29 is 14.7 Å². The number of aliphatic carboxylic acids is 1. The van der Waals surface area contributed by atoms with E-state index in [4.69, 9.17) is 5.11 Å². The molecule has 0 saturated carbocycles. The Hall–Kier alpha value is -1.56. The van der Waals surface area contributed by atoms with Gasteiger partial charge in [-0.1, -0.05) is 19.4 Å². The van der Waals surface area contributed by atoms with Crippen LogP contribution in [0.2, 0.25) is 0 Å². The number of carboxylic acids is 1. The first-order chi connectivity index (χ1) is 8.54. The van der Waals surface area contributed by atoms with Crippen LogP contribution in [0.1, 0.15) is 37.6 Å². The maximum atomic E-state index is 11.7. The van der Waals surface area contributed by atoms with Crippen molar-refractivity contribution in [3.63, 3.8) is 0 Å². The molecule has 0 aliphatic carbocycles. The zero-order valence-electron chi connectivity index (χ0n) is 10.5. The number of urea groups is 1. The van der Waals surface area contributed by atoms with E-state index in [0.717, 1.165) is 17.7 Å². The largest absolute Gasteiger partial charge is 0.480 e. The summed E-state index contributed by atoms with van der Waals surface area (Å²) in [6.07, 6.45) is 1.77. The van der Waals surface area contributed by atoms with E-state index in [1.54, 1.807) is 11.3 Å². The predicted octanol–water partition coefficient (Wildman–Crippen LogP) is 2.36. The van der Waals surface area contributed by atoms with E-state index in [-0.39, 0.29) is 6.04 Å². The van der Waals surface area contributed by atoms with Crippen molar-refractivity contribution in [2.24, 2.45) is 0 Å². The van der Waals surface area contributed by atoms with Crippen LogP contribution in [0, 0.1) is 0 Å². The van der Waals surface area contributed by atoms with Crippen molar-refractivity contribution in [2.75, 3.05) is 0 Å². The summed E-state index contributed by atoms with van der Waals surface area (Å²) in [5, 5.41) is 15.9. The van der Waals surface area contributed by atoms with Gasteiger partial charge >= 0.3 is 12.0 Å². The molecule has 1 aromatic heterocycles. The van der Waals surface area contributed by atoms with Crippen LogP contribution in [0.4, 0.5) is 4.79 Å². The van der Waals surface area contributed by atoms with E-state index >= 15 is 0 Å². The molecule has 2 atom stereocenters. The molecule has 1 aromatic rings. The number of amides is 2. The summed E-state index contributed by atoms with van der Waals surface area (Å²) >= 11 is 1.58. The Kier molecular flexibility index (Phi) is 5.64. The van der Waals surface area contributed by atoms with Gasteiger partial charge in [0.05, 0.1) is 6.04 Å². The van der Waals surface area contributed by atoms with Gasteiger partial charge in [0.15, 0.2) is 0 Å². The maximum absolute atomic E-state index is 11.7. The van der Waals surface area contributed by atoms with Crippen LogP contribution in [0.25, 0.3) is 0 Å². The number of carbonyl (C=O) groups excluding carboxylic acids is 1. The Morgan fingerprint density at radius 3 is 2.67 bits per heavy atom. The van der Waals surface area contributed by atoms with Crippen LogP contribution in [-0.4, -0.2) is 23.1 Å². The van der Waals surface area contributed by atoms with E-state index in [2.05, 4.69) is 10.6 Å². The highest BCUT2D eigenvalue weighted by Gasteiger charge is 2.18. The zero-order valence-corrected chi connectivity index (χ0v) is 11.3. The lowest BCUT2D eigenvalue weighted by Gasteiger charge is -2.18. The van der Waals surface area contributed by atoms with E-state index in [1.165, 1.54) is 6.92 Å². The third-order valence-electron chi connectivity index (χ3n) is 2.49. The fourth-order valence-corrected chi connectivity index (χ4v) is 2.33. The fraction of sp³-hybridized carbons (Fsp3) is 0.500.